The first-order valence-corrected chi connectivity index (χ1v) is 6.66. The molecule has 0 radical (unpaired) electrons. The monoisotopic (exact) mass is 309 g/mol. The first-order chi connectivity index (χ1) is 9.19. The fourth-order valence-corrected chi connectivity index (χ4v) is 1.98. The topological polar surface area (TPSA) is 38.8 Å². The largest absolute Gasteiger partial charge is 1.00 e. The van der Waals surface area contributed by atoms with Gasteiger partial charge < -0.3 is 10.1 Å². The van der Waals surface area contributed by atoms with Crippen LogP contribution < -0.4 is 56.5 Å². The molecule has 1 heterocycles. The zero-order chi connectivity index (χ0) is 13.7. The molecule has 3 rings (SSSR count). The Morgan fingerprint density at radius 1 is 1.05 bits per heavy atom. The molecule has 3 aromatic rings. The van der Waals surface area contributed by atoms with Gasteiger partial charge in [-0.15, -0.1) is 12.6 Å². The second-order valence-corrected chi connectivity index (χ2v) is 4.76. The van der Waals surface area contributed by atoms with Crippen molar-refractivity contribution in [2.45, 2.75) is 18.2 Å². The Balaban J connectivity index is 0.000000216. The second-order valence-electron chi connectivity index (χ2n) is 4.24. The Morgan fingerprint density at radius 2 is 1.75 bits per heavy atom. The van der Waals surface area contributed by atoms with Gasteiger partial charge in [-0.05, 0) is 53.6 Å². The number of hydrogen-bond donors (Lipinski definition) is 2. The summed E-state index contributed by atoms with van der Waals surface area (Å²) in [6.45, 7) is 2.10. The van der Waals surface area contributed by atoms with Gasteiger partial charge in [-0.25, -0.2) is 0 Å². The van der Waals surface area contributed by atoms with Crippen molar-refractivity contribution in [3.63, 3.8) is 0 Å². The van der Waals surface area contributed by atoms with Crippen molar-refractivity contribution >= 4 is 23.5 Å². The van der Waals surface area contributed by atoms with Crippen LogP contribution in [0.15, 0.2) is 59.5 Å². The number of thiol groups is 1. The Morgan fingerprint density at radius 3 is 2.30 bits per heavy atom. The normalized spacial score (nSPS) is 9.50. The number of nitrogens with one attached hydrogen (secondary N) is 1. The molecule has 0 saturated heterocycles. The van der Waals surface area contributed by atoms with Crippen molar-refractivity contribution in [1.82, 2.24) is 4.98 Å². The minimum atomic E-state index is -0.0155. The third-order valence-electron chi connectivity index (χ3n) is 2.82. The molecule has 98 valence electrons. The summed E-state index contributed by atoms with van der Waals surface area (Å²) >= 11 is 4.08. The molecule has 20 heavy (non-hydrogen) atoms. The molecule has 1 aromatic heterocycles. The van der Waals surface area contributed by atoms with Crippen molar-refractivity contribution in [1.29, 1.82) is 0 Å². The van der Waals surface area contributed by atoms with Gasteiger partial charge in [0.05, 0.1) is 0 Å². The van der Waals surface area contributed by atoms with Crippen LogP contribution in [0.4, 0.5) is 0 Å². The third-order valence-corrected chi connectivity index (χ3v) is 3.12. The Hall–Kier alpha value is -0.234. The number of aryl methyl sites for hydroxylation is 1. The number of aromatic nitrogens is 1. The summed E-state index contributed by atoms with van der Waals surface area (Å²) in [4.78, 5) is 3.77. The van der Waals surface area contributed by atoms with E-state index in [0.717, 1.165) is 22.2 Å². The van der Waals surface area contributed by atoms with E-state index in [2.05, 4.69) is 24.5 Å². The third kappa shape index (κ3) is 5.28. The van der Waals surface area contributed by atoms with Crippen molar-refractivity contribution in [2.24, 2.45) is 0 Å². The van der Waals surface area contributed by atoms with E-state index in [-0.39, 0.29) is 57.3 Å². The molecule has 0 saturated carbocycles. The van der Waals surface area contributed by atoms with Crippen LogP contribution in [0, 0.1) is 0 Å². The van der Waals surface area contributed by atoms with Crippen LogP contribution in [-0.4, -0.2) is 4.98 Å². The molecule has 4 heteroatoms. The average Bonchev–Trinajstić information content (AvgIpc) is 2.79. The molecule has 0 bridgehead atoms. The average molecular weight is 309 g/mol. The van der Waals surface area contributed by atoms with Crippen molar-refractivity contribution in [3.05, 3.63) is 60.2 Å². The Kier molecular flexibility index (Phi) is 7.95. The number of fused-ring (bicyclic) bond motifs is 1. The molecule has 0 aliphatic carbocycles. The van der Waals surface area contributed by atoms with E-state index in [0.29, 0.717) is 0 Å². The van der Waals surface area contributed by atoms with Gasteiger partial charge in [-0.3, -0.25) is 0 Å². The van der Waals surface area contributed by atoms with Gasteiger partial charge in [0.2, 0.25) is 0 Å². The molecular formula is C16H16KNOS. The summed E-state index contributed by atoms with van der Waals surface area (Å²) in [7, 11) is 0. The summed E-state index contributed by atoms with van der Waals surface area (Å²) in [5.41, 5.74) is 2.19. The van der Waals surface area contributed by atoms with Gasteiger partial charge in [-0.1, -0.05) is 31.2 Å². The maximum atomic E-state index is 10.9. The first kappa shape index (κ1) is 17.8. The molecule has 0 fully saturated rings. The van der Waals surface area contributed by atoms with Gasteiger partial charge in [0.15, 0.2) is 0 Å². The number of H-pyrrole nitrogens is 1. The smallest absolute Gasteiger partial charge is 0.860 e. The van der Waals surface area contributed by atoms with Gasteiger partial charge in [0.1, 0.15) is 0 Å². The fourth-order valence-electron chi connectivity index (χ4n) is 1.80. The van der Waals surface area contributed by atoms with Crippen LogP contribution in [0.3, 0.4) is 0 Å². The molecular weight excluding hydrogens is 293 g/mol. The number of rotatable bonds is 1. The van der Waals surface area contributed by atoms with E-state index in [1.165, 1.54) is 5.56 Å². The van der Waals surface area contributed by atoms with Gasteiger partial charge in [0.25, 0.3) is 0 Å². The Labute approximate surface area is 167 Å². The van der Waals surface area contributed by atoms with Crippen LogP contribution in [0.2, 0.25) is 0 Å². The fraction of sp³-hybridized carbons (Fsp3) is 0.125. The minimum absolute atomic E-state index is 0. The first-order valence-electron chi connectivity index (χ1n) is 6.21. The predicted octanol–water partition coefficient (Wildman–Crippen LogP) is 0.783. The molecule has 0 atom stereocenters. The Bertz CT molecular complexity index is 652. The molecule has 2 aromatic carbocycles. The predicted molar refractivity (Wildman–Crippen MR) is 80.8 cm³/mol. The maximum Gasteiger partial charge on any atom is 1.00 e. The molecule has 0 spiro atoms. The minimum Gasteiger partial charge on any atom is -0.860 e. The van der Waals surface area contributed by atoms with E-state index >= 15 is 0 Å². The molecule has 0 unspecified atom stereocenters. The van der Waals surface area contributed by atoms with Crippen LogP contribution in [0.1, 0.15) is 12.5 Å². The molecule has 0 amide bonds. The summed E-state index contributed by atoms with van der Waals surface area (Å²) in [5, 5.41) is 11.9. The van der Waals surface area contributed by atoms with Gasteiger partial charge >= 0.3 is 51.4 Å². The summed E-state index contributed by atoms with van der Waals surface area (Å²) < 4.78 is 0. The van der Waals surface area contributed by atoms with E-state index < -0.39 is 0 Å². The summed E-state index contributed by atoms with van der Waals surface area (Å²) in [6, 6.07) is 17.5. The maximum absolute atomic E-state index is 10.9. The zero-order valence-corrected chi connectivity index (χ0v) is 15.8. The van der Waals surface area contributed by atoms with Crippen LogP contribution >= 0.6 is 12.6 Å². The molecule has 0 aliphatic rings. The van der Waals surface area contributed by atoms with Crippen LogP contribution in [-0.2, 0) is 6.42 Å². The SMILES string of the molecule is CCc1ccc2[nH]c([O-])cc2c1.Sc1ccccc1.[K+]. The van der Waals surface area contributed by atoms with Crippen LogP contribution in [0.25, 0.3) is 10.9 Å². The number of aromatic amines is 1. The van der Waals surface area contributed by atoms with Crippen LogP contribution in [0.5, 0.6) is 5.88 Å². The molecule has 0 aliphatic heterocycles. The summed E-state index contributed by atoms with van der Waals surface area (Å²) in [6.07, 6.45) is 1.01. The number of hydrogen-bond acceptors (Lipinski definition) is 2. The zero-order valence-electron chi connectivity index (χ0n) is 11.8. The van der Waals surface area contributed by atoms with Crippen molar-refractivity contribution < 1.29 is 56.5 Å². The van der Waals surface area contributed by atoms with E-state index in [4.69, 9.17) is 0 Å². The summed E-state index contributed by atoms with van der Waals surface area (Å²) in [5.74, 6) is -0.0155. The van der Waals surface area contributed by atoms with Gasteiger partial charge in [0, 0.05) is 10.4 Å². The quantitative estimate of drug-likeness (QED) is 0.506. The number of benzene rings is 2. The second kappa shape index (κ2) is 8.92. The van der Waals surface area contributed by atoms with Gasteiger partial charge in [-0.2, -0.15) is 0 Å². The standard InChI is InChI=1S/C10H11NO.C6H6S.K/c1-2-7-3-4-9-8(5-7)6-10(12)11-9;7-6-4-2-1-3-5-6;/h3-6,11-12H,2H2,1H3;1-5,7H;/q;;+1/p-1. The van der Waals surface area contributed by atoms with Crippen molar-refractivity contribution in [3.8, 4) is 5.88 Å². The van der Waals surface area contributed by atoms with Crippen molar-refractivity contribution in [2.75, 3.05) is 0 Å². The van der Waals surface area contributed by atoms with E-state index in [1.807, 2.05) is 48.5 Å². The van der Waals surface area contributed by atoms with E-state index in [1.54, 1.807) is 6.07 Å². The van der Waals surface area contributed by atoms with E-state index in [9.17, 15) is 5.11 Å². The molecule has 2 nitrogen and oxygen atoms in total. The molecule has 1 N–H and O–H groups in total.